The lowest BCUT2D eigenvalue weighted by molar-refractivity contribution is 0.364. The van der Waals surface area contributed by atoms with Gasteiger partial charge < -0.3 is 10.3 Å². The van der Waals surface area contributed by atoms with Crippen LogP contribution in [-0.4, -0.2) is 10.1 Å². The van der Waals surface area contributed by atoms with Gasteiger partial charge in [0.2, 0.25) is 5.89 Å². The Morgan fingerprint density at radius 3 is 2.63 bits per heavy atom. The summed E-state index contributed by atoms with van der Waals surface area (Å²) >= 11 is 0. The van der Waals surface area contributed by atoms with Crippen molar-refractivity contribution in [3.8, 4) is 0 Å². The summed E-state index contributed by atoms with van der Waals surface area (Å²) in [7, 11) is 0. The summed E-state index contributed by atoms with van der Waals surface area (Å²) in [5.41, 5.74) is 7.22. The number of nitrogens with two attached hydrogens (primary N) is 1. The van der Waals surface area contributed by atoms with Crippen molar-refractivity contribution in [2.45, 2.75) is 39.2 Å². The van der Waals surface area contributed by atoms with Crippen LogP contribution in [0.3, 0.4) is 0 Å². The molecule has 0 fully saturated rings. The molecule has 0 aliphatic heterocycles. The molecule has 1 unspecified atom stereocenters. The molecule has 2 rings (SSSR count). The molecular weight excluding hydrogens is 238 g/mol. The topological polar surface area (TPSA) is 64.9 Å². The van der Waals surface area contributed by atoms with Crippen molar-refractivity contribution in [2.75, 3.05) is 0 Å². The van der Waals surface area contributed by atoms with Gasteiger partial charge in [0.1, 0.15) is 0 Å². The number of rotatable bonds is 6. The molecule has 0 bridgehead atoms. The summed E-state index contributed by atoms with van der Waals surface area (Å²) < 4.78 is 5.25. The van der Waals surface area contributed by atoms with Crippen LogP contribution in [-0.2, 0) is 12.8 Å². The molecule has 0 spiro atoms. The van der Waals surface area contributed by atoms with Gasteiger partial charge in [0, 0.05) is 18.9 Å². The summed E-state index contributed by atoms with van der Waals surface area (Å²) in [5, 5.41) is 3.99. The highest BCUT2D eigenvalue weighted by atomic mass is 16.5. The number of benzene rings is 1. The molecule has 1 atom stereocenters. The van der Waals surface area contributed by atoms with E-state index in [1.54, 1.807) is 0 Å². The van der Waals surface area contributed by atoms with Crippen LogP contribution in [0.25, 0.3) is 0 Å². The average molecular weight is 259 g/mol. The largest absolute Gasteiger partial charge is 0.339 e. The van der Waals surface area contributed by atoms with E-state index in [4.69, 9.17) is 10.3 Å². The third kappa shape index (κ3) is 4.17. The average Bonchev–Trinajstić information content (AvgIpc) is 2.85. The summed E-state index contributed by atoms with van der Waals surface area (Å²) in [4.78, 5) is 4.39. The van der Waals surface area contributed by atoms with Gasteiger partial charge in [-0.2, -0.15) is 4.98 Å². The second-order valence-electron chi connectivity index (χ2n) is 5.26. The van der Waals surface area contributed by atoms with Crippen LogP contribution in [0.5, 0.6) is 0 Å². The minimum atomic E-state index is -0.0976. The van der Waals surface area contributed by atoms with Crippen molar-refractivity contribution < 1.29 is 4.52 Å². The van der Waals surface area contributed by atoms with Crippen LogP contribution < -0.4 is 5.73 Å². The standard InChI is InChI=1S/C15H21N3O/c1-11(2)8-9-14-17-15(19-18-14)10-13(16)12-6-4-3-5-7-12/h3-7,11,13H,8-10,16H2,1-2H3. The molecule has 0 aliphatic rings. The van der Waals surface area contributed by atoms with Crippen LogP contribution >= 0.6 is 0 Å². The predicted octanol–water partition coefficient (Wildman–Crippen LogP) is 2.90. The molecule has 1 aromatic carbocycles. The first-order valence-electron chi connectivity index (χ1n) is 6.77. The smallest absolute Gasteiger partial charge is 0.228 e. The van der Waals surface area contributed by atoms with Gasteiger partial charge in [0.25, 0.3) is 0 Å². The van der Waals surface area contributed by atoms with Gasteiger partial charge in [-0.05, 0) is 17.9 Å². The molecule has 2 aromatic rings. The van der Waals surface area contributed by atoms with E-state index in [0.717, 1.165) is 24.2 Å². The van der Waals surface area contributed by atoms with Gasteiger partial charge in [-0.15, -0.1) is 0 Å². The van der Waals surface area contributed by atoms with Gasteiger partial charge in [-0.1, -0.05) is 49.3 Å². The fourth-order valence-corrected chi connectivity index (χ4v) is 1.90. The SMILES string of the molecule is CC(C)CCc1noc(CC(N)c2ccccc2)n1. The molecule has 4 heteroatoms. The molecule has 19 heavy (non-hydrogen) atoms. The zero-order valence-corrected chi connectivity index (χ0v) is 11.5. The first-order valence-corrected chi connectivity index (χ1v) is 6.77. The lowest BCUT2D eigenvalue weighted by Crippen LogP contribution is -2.13. The molecule has 0 amide bonds. The normalized spacial score (nSPS) is 12.8. The fourth-order valence-electron chi connectivity index (χ4n) is 1.90. The summed E-state index contributed by atoms with van der Waals surface area (Å²) in [6.45, 7) is 4.37. The summed E-state index contributed by atoms with van der Waals surface area (Å²) in [6.07, 6.45) is 2.52. The minimum absolute atomic E-state index is 0.0976. The Morgan fingerprint density at radius 2 is 1.95 bits per heavy atom. The molecular formula is C15H21N3O. The van der Waals surface area contributed by atoms with E-state index in [1.165, 1.54) is 0 Å². The molecule has 0 radical (unpaired) electrons. The maximum Gasteiger partial charge on any atom is 0.228 e. The van der Waals surface area contributed by atoms with Crippen LogP contribution in [0.4, 0.5) is 0 Å². The first kappa shape index (κ1) is 13.7. The first-order chi connectivity index (χ1) is 9.15. The minimum Gasteiger partial charge on any atom is -0.339 e. The zero-order valence-electron chi connectivity index (χ0n) is 11.5. The highest BCUT2D eigenvalue weighted by Gasteiger charge is 2.12. The molecule has 4 nitrogen and oxygen atoms in total. The van der Waals surface area contributed by atoms with Crippen LogP contribution in [0, 0.1) is 5.92 Å². The Labute approximate surface area is 114 Å². The third-order valence-corrected chi connectivity index (χ3v) is 3.08. The van der Waals surface area contributed by atoms with Crippen molar-refractivity contribution in [1.29, 1.82) is 0 Å². The number of nitrogens with zero attached hydrogens (tertiary/aromatic N) is 2. The maximum absolute atomic E-state index is 6.13. The molecule has 0 saturated heterocycles. The Hall–Kier alpha value is -1.68. The van der Waals surface area contributed by atoms with E-state index in [2.05, 4.69) is 24.0 Å². The van der Waals surface area contributed by atoms with Crippen molar-refractivity contribution in [1.82, 2.24) is 10.1 Å². The number of aryl methyl sites for hydroxylation is 1. The van der Waals surface area contributed by atoms with Gasteiger partial charge in [0.15, 0.2) is 5.82 Å². The third-order valence-electron chi connectivity index (χ3n) is 3.08. The molecule has 2 N–H and O–H groups in total. The maximum atomic E-state index is 6.13. The lowest BCUT2D eigenvalue weighted by Gasteiger charge is -2.08. The molecule has 0 aliphatic carbocycles. The van der Waals surface area contributed by atoms with Gasteiger partial charge in [-0.3, -0.25) is 0 Å². The van der Waals surface area contributed by atoms with Crippen molar-refractivity contribution in [3.63, 3.8) is 0 Å². The quantitative estimate of drug-likeness (QED) is 0.866. The van der Waals surface area contributed by atoms with E-state index in [-0.39, 0.29) is 6.04 Å². The zero-order chi connectivity index (χ0) is 13.7. The van der Waals surface area contributed by atoms with Crippen LogP contribution in [0.1, 0.15) is 43.6 Å². The van der Waals surface area contributed by atoms with E-state index >= 15 is 0 Å². The lowest BCUT2D eigenvalue weighted by atomic mass is 10.1. The van der Waals surface area contributed by atoms with E-state index < -0.39 is 0 Å². The molecule has 0 saturated carbocycles. The van der Waals surface area contributed by atoms with Crippen molar-refractivity contribution in [2.24, 2.45) is 11.7 Å². The molecule has 1 heterocycles. The summed E-state index contributed by atoms with van der Waals surface area (Å²) in [6, 6.07) is 9.88. The number of aromatic nitrogens is 2. The predicted molar refractivity (Wildman–Crippen MR) is 74.5 cm³/mol. The summed E-state index contributed by atoms with van der Waals surface area (Å²) in [5.74, 6) is 2.05. The fraction of sp³-hybridized carbons (Fsp3) is 0.467. The Bertz CT molecular complexity index is 493. The molecule has 1 aromatic heterocycles. The van der Waals surface area contributed by atoms with Gasteiger partial charge in [0.05, 0.1) is 0 Å². The molecule has 102 valence electrons. The van der Waals surface area contributed by atoms with Crippen LogP contribution in [0.15, 0.2) is 34.9 Å². The van der Waals surface area contributed by atoms with Gasteiger partial charge in [-0.25, -0.2) is 0 Å². The number of hydrogen-bond acceptors (Lipinski definition) is 4. The van der Waals surface area contributed by atoms with Gasteiger partial charge >= 0.3 is 0 Å². The second-order valence-corrected chi connectivity index (χ2v) is 5.26. The highest BCUT2D eigenvalue weighted by molar-refractivity contribution is 5.19. The van der Waals surface area contributed by atoms with E-state index in [9.17, 15) is 0 Å². The van der Waals surface area contributed by atoms with Crippen molar-refractivity contribution in [3.05, 3.63) is 47.6 Å². The second kappa shape index (κ2) is 6.48. The Morgan fingerprint density at radius 1 is 1.21 bits per heavy atom. The van der Waals surface area contributed by atoms with Crippen molar-refractivity contribution >= 4 is 0 Å². The van der Waals surface area contributed by atoms with Crippen LogP contribution in [0.2, 0.25) is 0 Å². The van der Waals surface area contributed by atoms with E-state index in [0.29, 0.717) is 18.2 Å². The Kier molecular flexibility index (Phi) is 4.68. The van der Waals surface area contributed by atoms with E-state index in [1.807, 2.05) is 30.3 Å². The monoisotopic (exact) mass is 259 g/mol. The number of hydrogen-bond donors (Lipinski definition) is 1. The highest BCUT2D eigenvalue weighted by Crippen LogP contribution is 2.15. The Balaban J connectivity index is 1.93.